The molecule has 454 valence electrons. The first kappa shape index (κ1) is 75.3. The van der Waals surface area contributed by atoms with Gasteiger partial charge in [0.1, 0.15) is 13.2 Å². The minimum Gasteiger partial charge on any atom is -0.462 e. The summed E-state index contributed by atoms with van der Waals surface area (Å²) in [5.41, 5.74) is 0. The third-order valence-corrected chi connectivity index (χ3v) is 14.6. The third-order valence-electron chi connectivity index (χ3n) is 14.6. The number of ether oxygens (including phenoxy) is 3. The molecule has 0 aliphatic rings. The van der Waals surface area contributed by atoms with Gasteiger partial charge in [-0.25, -0.2) is 0 Å². The smallest absolute Gasteiger partial charge is 0.306 e. The van der Waals surface area contributed by atoms with E-state index in [2.05, 4.69) is 118 Å². The number of rotatable bonds is 61. The van der Waals surface area contributed by atoms with Crippen LogP contribution in [0, 0.1) is 0 Å². The minimum atomic E-state index is -0.780. The quantitative estimate of drug-likeness (QED) is 0.0261. The summed E-state index contributed by atoms with van der Waals surface area (Å²) in [6.07, 6.45) is 90.1. The van der Waals surface area contributed by atoms with E-state index in [1.165, 1.54) is 167 Å². The molecule has 0 heterocycles. The number of hydrogen-bond donors (Lipinski definition) is 0. The van der Waals surface area contributed by atoms with E-state index in [1.807, 2.05) is 0 Å². The summed E-state index contributed by atoms with van der Waals surface area (Å²) in [7, 11) is 0. The van der Waals surface area contributed by atoms with Gasteiger partial charge in [0, 0.05) is 19.3 Å². The van der Waals surface area contributed by atoms with Crippen LogP contribution in [0.25, 0.3) is 0 Å². The maximum atomic E-state index is 12.9. The highest BCUT2D eigenvalue weighted by Crippen LogP contribution is 2.17. The molecule has 0 N–H and O–H groups in total. The first-order chi connectivity index (χ1) is 39.0. The van der Waals surface area contributed by atoms with Gasteiger partial charge in [-0.3, -0.25) is 14.4 Å². The molecule has 1 unspecified atom stereocenters. The summed E-state index contributed by atoms with van der Waals surface area (Å²) in [4.78, 5) is 38.2. The second kappa shape index (κ2) is 66.8. The predicted octanol–water partition coefficient (Wildman–Crippen LogP) is 23.2. The van der Waals surface area contributed by atoms with Crippen molar-refractivity contribution in [2.75, 3.05) is 13.2 Å². The van der Waals surface area contributed by atoms with Crippen LogP contribution in [0.4, 0.5) is 0 Å². The number of carbonyl (C=O) groups is 3. The van der Waals surface area contributed by atoms with Gasteiger partial charge in [0.25, 0.3) is 0 Å². The van der Waals surface area contributed by atoms with Crippen LogP contribution in [-0.4, -0.2) is 37.2 Å². The van der Waals surface area contributed by atoms with Crippen LogP contribution in [0.15, 0.2) is 97.2 Å². The van der Waals surface area contributed by atoms with Gasteiger partial charge < -0.3 is 14.2 Å². The van der Waals surface area contributed by atoms with E-state index in [1.54, 1.807) is 0 Å². The molecule has 0 amide bonds. The predicted molar refractivity (Wildman–Crippen MR) is 344 cm³/mol. The van der Waals surface area contributed by atoms with E-state index in [0.29, 0.717) is 19.3 Å². The van der Waals surface area contributed by atoms with Gasteiger partial charge in [0.15, 0.2) is 6.10 Å². The van der Waals surface area contributed by atoms with Crippen LogP contribution in [-0.2, 0) is 28.6 Å². The summed E-state index contributed by atoms with van der Waals surface area (Å²) < 4.78 is 16.9. The number of esters is 3. The van der Waals surface area contributed by atoms with Gasteiger partial charge in [0.05, 0.1) is 0 Å². The molecule has 0 radical (unpaired) electrons. The topological polar surface area (TPSA) is 78.9 Å². The van der Waals surface area contributed by atoms with Gasteiger partial charge in [0.2, 0.25) is 0 Å². The molecule has 6 heteroatoms. The second-order valence-corrected chi connectivity index (χ2v) is 22.4. The molecule has 0 saturated heterocycles. The lowest BCUT2D eigenvalue weighted by Crippen LogP contribution is -2.30. The van der Waals surface area contributed by atoms with Crippen LogP contribution in [0.3, 0.4) is 0 Å². The molecule has 0 bridgehead atoms. The molecule has 0 rings (SSSR count). The van der Waals surface area contributed by atoms with Gasteiger partial charge >= 0.3 is 17.9 Å². The molecule has 0 aliphatic carbocycles. The number of hydrogen-bond acceptors (Lipinski definition) is 6. The van der Waals surface area contributed by atoms with E-state index >= 15 is 0 Å². The average molecular weight is 1100 g/mol. The van der Waals surface area contributed by atoms with E-state index in [9.17, 15) is 14.4 Å². The van der Waals surface area contributed by atoms with Crippen molar-refractivity contribution in [2.24, 2.45) is 0 Å². The molecule has 0 aromatic heterocycles. The van der Waals surface area contributed by atoms with Crippen molar-refractivity contribution >= 4 is 17.9 Å². The number of carbonyl (C=O) groups excluding carboxylic acids is 3. The lowest BCUT2D eigenvalue weighted by molar-refractivity contribution is -0.167. The molecule has 0 aromatic rings. The fraction of sp³-hybridized carbons (Fsp3) is 0.740. The fourth-order valence-corrected chi connectivity index (χ4v) is 9.58. The Kier molecular flexibility index (Phi) is 63.7. The minimum absolute atomic E-state index is 0.0782. The summed E-state index contributed by atoms with van der Waals surface area (Å²) in [6.45, 7) is 6.52. The largest absolute Gasteiger partial charge is 0.462 e. The third kappa shape index (κ3) is 65.0. The molecular formula is C73H126O6. The first-order valence-corrected chi connectivity index (χ1v) is 33.7. The van der Waals surface area contributed by atoms with Crippen LogP contribution in [0.5, 0.6) is 0 Å². The molecule has 0 aliphatic heterocycles. The molecular weight excluding hydrogens is 973 g/mol. The van der Waals surface area contributed by atoms with E-state index in [4.69, 9.17) is 14.2 Å². The van der Waals surface area contributed by atoms with E-state index in [0.717, 1.165) is 122 Å². The SMILES string of the molecule is CC/C=C\C/C=C\C/C=C\C/C=C\C/C=C\C/C=C\C/C=C\C/C=C\CCCCCCCCC(=O)OCC(COC(=O)CCCCCCCCCC)OC(=O)CCCCCCCCCCCCCCCCCCCCCCCC. The molecule has 0 aromatic carbocycles. The van der Waals surface area contributed by atoms with Crippen molar-refractivity contribution in [3.63, 3.8) is 0 Å². The summed E-state index contributed by atoms with van der Waals surface area (Å²) in [5.74, 6) is -0.884. The zero-order valence-electron chi connectivity index (χ0n) is 52.1. The molecule has 6 nitrogen and oxygen atoms in total. The number of allylic oxidation sites excluding steroid dienone is 16. The molecule has 0 fully saturated rings. The van der Waals surface area contributed by atoms with Crippen molar-refractivity contribution in [3.05, 3.63) is 97.2 Å². The lowest BCUT2D eigenvalue weighted by atomic mass is 10.0. The van der Waals surface area contributed by atoms with Gasteiger partial charge in [-0.15, -0.1) is 0 Å². The molecule has 79 heavy (non-hydrogen) atoms. The van der Waals surface area contributed by atoms with Crippen molar-refractivity contribution in [3.8, 4) is 0 Å². The zero-order chi connectivity index (χ0) is 57.1. The van der Waals surface area contributed by atoms with Crippen LogP contribution < -0.4 is 0 Å². The highest BCUT2D eigenvalue weighted by atomic mass is 16.6. The van der Waals surface area contributed by atoms with Crippen molar-refractivity contribution in [1.82, 2.24) is 0 Å². The van der Waals surface area contributed by atoms with Gasteiger partial charge in [-0.05, 0) is 83.5 Å². The highest BCUT2D eigenvalue weighted by Gasteiger charge is 2.19. The Labute approximate surface area is 489 Å². The Morgan fingerprint density at radius 3 is 0.772 bits per heavy atom. The molecule has 0 spiro atoms. The Bertz CT molecular complexity index is 1540. The Balaban J connectivity index is 4.19. The van der Waals surface area contributed by atoms with Crippen LogP contribution in [0.2, 0.25) is 0 Å². The van der Waals surface area contributed by atoms with E-state index in [-0.39, 0.29) is 31.1 Å². The van der Waals surface area contributed by atoms with Gasteiger partial charge in [-0.2, -0.15) is 0 Å². The van der Waals surface area contributed by atoms with Crippen LogP contribution >= 0.6 is 0 Å². The highest BCUT2D eigenvalue weighted by molar-refractivity contribution is 5.71. The number of unbranched alkanes of at least 4 members (excludes halogenated alkanes) is 34. The van der Waals surface area contributed by atoms with Crippen molar-refractivity contribution in [1.29, 1.82) is 0 Å². The normalized spacial score (nSPS) is 12.7. The van der Waals surface area contributed by atoms with Crippen LogP contribution in [0.1, 0.15) is 329 Å². The lowest BCUT2D eigenvalue weighted by Gasteiger charge is -2.18. The van der Waals surface area contributed by atoms with Crippen molar-refractivity contribution in [2.45, 2.75) is 335 Å². The Hall–Kier alpha value is -3.67. The first-order valence-electron chi connectivity index (χ1n) is 33.7. The van der Waals surface area contributed by atoms with Gasteiger partial charge in [-0.1, -0.05) is 323 Å². The monoisotopic (exact) mass is 1100 g/mol. The molecule has 1 atom stereocenters. The average Bonchev–Trinajstić information content (AvgIpc) is 3.45. The fourth-order valence-electron chi connectivity index (χ4n) is 9.58. The Morgan fingerprint density at radius 2 is 0.494 bits per heavy atom. The maximum absolute atomic E-state index is 12.9. The molecule has 0 saturated carbocycles. The van der Waals surface area contributed by atoms with Crippen molar-refractivity contribution < 1.29 is 28.6 Å². The zero-order valence-corrected chi connectivity index (χ0v) is 52.1. The standard InChI is InChI=1S/C73H126O6/c1-4-7-10-13-16-19-21-23-25-27-29-31-33-34-35-36-37-38-39-40-41-43-44-46-48-50-52-54-57-60-63-66-72(75)78-69-70(68-77-71(74)65-62-59-56-18-15-12-9-6-3)79-73(76)67-64-61-58-55-53-51-49-47-45-42-32-30-28-26-24-22-20-17-14-11-8-5-2/h7,10,16,19,23,25,29,31,34-35,37-38,40-41,44,46,70H,4-6,8-9,11-15,17-18,20-22,24,26-28,30,32-33,36,39,42-43,45,47-69H2,1-3H3/b10-7-,19-16-,25-23-,31-29-,35-34-,38-37-,41-40-,46-44-. The summed E-state index contributed by atoms with van der Waals surface area (Å²) >= 11 is 0. The second-order valence-electron chi connectivity index (χ2n) is 22.4. The maximum Gasteiger partial charge on any atom is 0.306 e. The summed E-state index contributed by atoms with van der Waals surface area (Å²) in [6, 6.07) is 0. The van der Waals surface area contributed by atoms with E-state index < -0.39 is 6.10 Å². The summed E-state index contributed by atoms with van der Waals surface area (Å²) in [5, 5.41) is 0. The Morgan fingerprint density at radius 1 is 0.266 bits per heavy atom.